The van der Waals surface area contributed by atoms with Gasteiger partial charge in [0.05, 0.1) is 13.2 Å². The molecule has 158 valence electrons. The molecule has 0 radical (unpaired) electrons. The number of ether oxygens (including phenoxy) is 3. The number of amides is 1. The van der Waals surface area contributed by atoms with Crippen LogP contribution in [0.25, 0.3) is 0 Å². The van der Waals surface area contributed by atoms with Gasteiger partial charge in [-0.25, -0.2) is 0 Å². The first-order valence-corrected chi connectivity index (χ1v) is 10.9. The van der Waals surface area contributed by atoms with Crippen LogP contribution in [0.5, 0.6) is 11.5 Å². The number of fused-ring (bicyclic) bond motifs is 4. The Labute approximate surface area is 177 Å². The molecule has 1 spiro atoms. The number of hydrogen-bond donors (Lipinski definition) is 0. The van der Waals surface area contributed by atoms with E-state index in [0.717, 1.165) is 38.0 Å². The van der Waals surface area contributed by atoms with Gasteiger partial charge in [-0.05, 0) is 49.6 Å². The minimum atomic E-state index is -0.253. The number of hydrogen-bond acceptors (Lipinski definition) is 4. The molecule has 0 saturated carbocycles. The second kappa shape index (κ2) is 7.62. The number of rotatable bonds is 2. The first-order chi connectivity index (χ1) is 14.6. The van der Waals surface area contributed by atoms with Crippen LogP contribution in [0.1, 0.15) is 53.3 Å². The zero-order valence-electron chi connectivity index (χ0n) is 17.7. The number of carbonyl (C=O) groups excluding carboxylic acids is 1. The lowest BCUT2D eigenvalue weighted by Crippen LogP contribution is -2.57. The van der Waals surface area contributed by atoms with Crippen molar-refractivity contribution in [2.75, 3.05) is 26.8 Å². The Bertz CT molecular complexity index is 948. The van der Waals surface area contributed by atoms with Crippen LogP contribution in [0.15, 0.2) is 42.5 Å². The summed E-state index contributed by atoms with van der Waals surface area (Å²) in [6.07, 6.45) is 3.95. The Balaban J connectivity index is 1.38. The molecule has 1 amide bonds. The second-order valence-electron chi connectivity index (χ2n) is 8.77. The third-order valence-corrected chi connectivity index (χ3v) is 7.00. The van der Waals surface area contributed by atoms with Crippen LogP contribution in [0, 0.1) is 12.8 Å². The number of nitrogens with zero attached hydrogens (tertiary/aromatic N) is 1. The van der Waals surface area contributed by atoms with E-state index in [1.54, 1.807) is 7.11 Å². The molecule has 5 rings (SSSR count). The van der Waals surface area contributed by atoms with E-state index in [1.165, 1.54) is 11.1 Å². The molecule has 2 saturated heterocycles. The molecule has 3 aliphatic rings. The highest BCUT2D eigenvalue weighted by Crippen LogP contribution is 2.53. The van der Waals surface area contributed by atoms with Crippen LogP contribution >= 0.6 is 0 Å². The van der Waals surface area contributed by atoms with Crippen molar-refractivity contribution in [1.82, 2.24) is 4.90 Å². The van der Waals surface area contributed by atoms with Crippen molar-refractivity contribution in [2.45, 2.75) is 44.3 Å². The quantitative estimate of drug-likeness (QED) is 0.733. The van der Waals surface area contributed by atoms with Crippen molar-refractivity contribution in [3.05, 3.63) is 59.2 Å². The molecular formula is C25H29NO4. The Hall–Kier alpha value is -2.53. The second-order valence-corrected chi connectivity index (χ2v) is 8.77. The molecule has 30 heavy (non-hydrogen) atoms. The molecule has 3 heterocycles. The maximum atomic E-state index is 13.1. The molecule has 3 aliphatic heterocycles. The van der Waals surface area contributed by atoms with Gasteiger partial charge in [-0.3, -0.25) is 4.79 Å². The molecular weight excluding hydrogens is 378 g/mol. The lowest BCUT2D eigenvalue weighted by molar-refractivity contribution is -0.147. The van der Waals surface area contributed by atoms with Gasteiger partial charge in [0.2, 0.25) is 0 Å². The molecule has 0 bridgehead atoms. The predicted molar refractivity (Wildman–Crippen MR) is 114 cm³/mol. The average Bonchev–Trinajstić information content (AvgIpc) is 2.79. The van der Waals surface area contributed by atoms with Crippen molar-refractivity contribution >= 4 is 5.91 Å². The van der Waals surface area contributed by atoms with Crippen molar-refractivity contribution in [2.24, 2.45) is 5.92 Å². The van der Waals surface area contributed by atoms with E-state index in [-0.39, 0.29) is 17.6 Å². The summed E-state index contributed by atoms with van der Waals surface area (Å²) in [5, 5.41) is 0. The fourth-order valence-electron chi connectivity index (χ4n) is 5.39. The fourth-order valence-corrected chi connectivity index (χ4v) is 5.39. The first-order valence-electron chi connectivity index (χ1n) is 10.9. The normalized spacial score (nSPS) is 24.5. The van der Waals surface area contributed by atoms with Crippen LogP contribution in [0.4, 0.5) is 0 Å². The molecule has 2 aromatic carbocycles. The van der Waals surface area contributed by atoms with Gasteiger partial charge in [0, 0.05) is 49.6 Å². The maximum Gasteiger partial charge on any atom is 0.253 e. The standard InChI is InChI=1S/C25H29NO4/c1-17-8-9-20-22(15-17)30-25(21-7-4-14-29-23(20)21)10-12-26(13-11-25)24(27)18-5-3-6-19(16-18)28-2/h3,5-6,8-9,15-16,21,23H,4,7,10-14H2,1-2H3/t21-,23+/m0/s1. The predicted octanol–water partition coefficient (Wildman–Crippen LogP) is 4.54. The van der Waals surface area contributed by atoms with E-state index in [1.807, 2.05) is 29.2 Å². The van der Waals surface area contributed by atoms with Crippen molar-refractivity contribution in [1.29, 1.82) is 0 Å². The largest absolute Gasteiger partial charge is 0.497 e. The van der Waals surface area contributed by atoms with Crippen molar-refractivity contribution in [3.8, 4) is 11.5 Å². The van der Waals surface area contributed by atoms with Gasteiger partial charge in [0.25, 0.3) is 5.91 Å². The smallest absolute Gasteiger partial charge is 0.253 e. The van der Waals surface area contributed by atoms with E-state index in [0.29, 0.717) is 30.3 Å². The average molecular weight is 408 g/mol. The van der Waals surface area contributed by atoms with Crippen molar-refractivity contribution in [3.63, 3.8) is 0 Å². The van der Waals surface area contributed by atoms with Gasteiger partial charge in [-0.2, -0.15) is 0 Å². The number of benzene rings is 2. The maximum absolute atomic E-state index is 13.1. The van der Waals surface area contributed by atoms with E-state index >= 15 is 0 Å². The van der Waals surface area contributed by atoms with Gasteiger partial charge >= 0.3 is 0 Å². The Kier molecular flexibility index (Phi) is 4.94. The minimum absolute atomic E-state index is 0.0623. The molecule has 5 nitrogen and oxygen atoms in total. The Morgan fingerprint density at radius 3 is 2.80 bits per heavy atom. The van der Waals surface area contributed by atoms with Crippen LogP contribution in [0.2, 0.25) is 0 Å². The SMILES string of the molecule is COc1cccc(C(=O)N2CCC3(CC2)Oc2cc(C)ccc2[C@H]2OCCC[C@@H]23)c1. The van der Waals surface area contributed by atoms with E-state index in [9.17, 15) is 4.79 Å². The highest BCUT2D eigenvalue weighted by Gasteiger charge is 2.52. The van der Waals surface area contributed by atoms with Crippen LogP contribution in [-0.4, -0.2) is 43.2 Å². The number of aryl methyl sites for hydroxylation is 1. The molecule has 2 atom stereocenters. The lowest BCUT2D eigenvalue weighted by Gasteiger charge is -2.53. The summed E-state index contributed by atoms with van der Waals surface area (Å²) in [5.41, 5.74) is 2.81. The molecule has 0 unspecified atom stereocenters. The lowest BCUT2D eigenvalue weighted by atomic mass is 9.70. The first kappa shape index (κ1) is 19.4. The molecule has 2 fully saturated rings. The van der Waals surface area contributed by atoms with Gasteiger partial charge < -0.3 is 19.1 Å². The number of carbonyl (C=O) groups is 1. The molecule has 5 heteroatoms. The van der Waals surface area contributed by atoms with Gasteiger partial charge in [0.15, 0.2) is 0 Å². The summed E-state index contributed by atoms with van der Waals surface area (Å²) >= 11 is 0. The van der Waals surface area contributed by atoms with E-state index in [2.05, 4.69) is 25.1 Å². The van der Waals surface area contributed by atoms with Crippen LogP contribution in [-0.2, 0) is 4.74 Å². The summed E-state index contributed by atoms with van der Waals surface area (Å²) in [7, 11) is 1.62. The molecule has 2 aromatic rings. The summed E-state index contributed by atoms with van der Waals surface area (Å²) in [4.78, 5) is 15.0. The van der Waals surface area contributed by atoms with Gasteiger partial charge in [-0.1, -0.05) is 18.2 Å². The summed E-state index contributed by atoms with van der Waals surface area (Å²) < 4.78 is 18.3. The number of piperidine rings is 1. The summed E-state index contributed by atoms with van der Waals surface area (Å²) in [6.45, 7) is 4.30. The molecule has 0 aliphatic carbocycles. The van der Waals surface area contributed by atoms with E-state index < -0.39 is 0 Å². The van der Waals surface area contributed by atoms with Gasteiger partial charge in [-0.15, -0.1) is 0 Å². The van der Waals surface area contributed by atoms with Gasteiger partial charge in [0.1, 0.15) is 17.1 Å². The minimum Gasteiger partial charge on any atom is -0.497 e. The molecule has 0 aromatic heterocycles. The Morgan fingerprint density at radius 1 is 1.17 bits per heavy atom. The molecule has 0 N–H and O–H groups in total. The summed E-state index contributed by atoms with van der Waals surface area (Å²) in [5.74, 6) is 2.08. The van der Waals surface area contributed by atoms with Crippen LogP contribution < -0.4 is 9.47 Å². The monoisotopic (exact) mass is 407 g/mol. The zero-order valence-corrected chi connectivity index (χ0v) is 17.7. The topological polar surface area (TPSA) is 48.0 Å². The van der Waals surface area contributed by atoms with Crippen LogP contribution in [0.3, 0.4) is 0 Å². The third-order valence-electron chi connectivity index (χ3n) is 7.00. The van der Waals surface area contributed by atoms with E-state index in [4.69, 9.17) is 14.2 Å². The highest BCUT2D eigenvalue weighted by atomic mass is 16.5. The number of methoxy groups -OCH3 is 1. The Morgan fingerprint density at radius 2 is 2.00 bits per heavy atom. The zero-order chi connectivity index (χ0) is 20.7. The van der Waals surface area contributed by atoms with Crippen molar-refractivity contribution < 1.29 is 19.0 Å². The summed E-state index contributed by atoms with van der Waals surface area (Å²) in [6, 6.07) is 13.8. The number of likely N-dealkylation sites (tertiary alicyclic amines) is 1. The highest BCUT2D eigenvalue weighted by molar-refractivity contribution is 5.94. The fraction of sp³-hybridized carbons (Fsp3) is 0.480. The third kappa shape index (κ3) is 3.25.